The van der Waals surface area contributed by atoms with E-state index in [0.717, 1.165) is 32.1 Å². The molecule has 1 aromatic carbocycles. The van der Waals surface area contributed by atoms with E-state index in [1.165, 1.54) is 18.2 Å². The van der Waals surface area contributed by atoms with Crippen molar-refractivity contribution in [2.75, 3.05) is 18.1 Å². The number of sulfone groups is 1. The van der Waals surface area contributed by atoms with E-state index in [9.17, 15) is 23.1 Å². The summed E-state index contributed by atoms with van der Waals surface area (Å²) in [5, 5.41) is 10.1. The van der Waals surface area contributed by atoms with Crippen molar-refractivity contribution in [2.24, 2.45) is 0 Å². The highest BCUT2D eigenvalue weighted by molar-refractivity contribution is 7.91. The first-order valence-electron chi connectivity index (χ1n) is 9.44. The molecular weight excluding hydrogens is 406 g/mol. The van der Waals surface area contributed by atoms with Gasteiger partial charge in [0.1, 0.15) is 11.3 Å². The average Bonchev–Trinajstić information content (AvgIpc) is 3.00. The van der Waals surface area contributed by atoms with Crippen molar-refractivity contribution in [2.45, 2.75) is 50.6 Å². The quantitative estimate of drug-likeness (QED) is 0.722. The van der Waals surface area contributed by atoms with Gasteiger partial charge in [0.05, 0.1) is 11.5 Å². The fourth-order valence-electron chi connectivity index (χ4n) is 4.02. The van der Waals surface area contributed by atoms with Gasteiger partial charge in [-0.2, -0.15) is 0 Å². The summed E-state index contributed by atoms with van der Waals surface area (Å²) >= 11 is 5.75. The molecule has 3 rings (SSSR count). The Morgan fingerprint density at radius 3 is 2.46 bits per heavy atom. The van der Waals surface area contributed by atoms with Gasteiger partial charge < -0.3 is 14.7 Å². The van der Waals surface area contributed by atoms with E-state index in [4.69, 9.17) is 16.3 Å². The Kier molecular flexibility index (Phi) is 6.50. The molecule has 2 fully saturated rings. The van der Waals surface area contributed by atoms with Crippen LogP contribution in [0.4, 0.5) is 0 Å². The van der Waals surface area contributed by atoms with Gasteiger partial charge in [0.2, 0.25) is 0 Å². The molecular formula is C19H24ClNO6S. The summed E-state index contributed by atoms with van der Waals surface area (Å²) in [7, 11) is -3.14. The van der Waals surface area contributed by atoms with E-state index < -0.39 is 28.3 Å². The minimum absolute atomic E-state index is 0.0258. The van der Waals surface area contributed by atoms with Crippen LogP contribution in [0.2, 0.25) is 5.02 Å². The number of aromatic hydroxyl groups is 1. The van der Waals surface area contributed by atoms with Gasteiger partial charge in [0.25, 0.3) is 5.91 Å². The van der Waals surface area contributed by atoms with Gasteiger partial charge in [-0.05, 0) is 37.5 Å². The number of benzene rings is 1. The number of carbonyl (C=O) groups excluding carboxylic acids is 2. The topological polar surface area (TPSA) is 101 Å². The Morgan fingerprint density at radius 1 is 1.14 bits per heavy atom. The lowest BCUT2D eigenvalue weighted by molar-refractivity contribution is -0.140. The zero-order valence-corrected chi connectivity index (χ0v) is 17.0. The third kappa shape index (κ3) is 4.97. The summed E-state index contributed by atoms with van der Waals surface area (Å²) in [6.45, 7) is -0.492. The Morgan fingerprint density at radius 2 is 1.86 bits per heavy atom. The van der Waals surface area contributed by atoms with Gasteiger partial charge in [-0.3, -0.25) is 4.79 Å². The standard InChI is InChI=1S/C19H24ClNO6S/c20-13-6-7-16(17(22)10-13)19(24)27-11-18(23)21(14-4-2-1-3-5-14)15-8-9-28(25,26)12-15/h6-7,10,14-15,22H,1-5,8-9,11-12H2. The van der Waals surface area contributed by atoms with Gasteiger partial charge >= 0.3 is 5.97 Å². The van der Waals surface area contributed by atoms with Crippen molar-refractivity contribution in [3.63, 3.8) is 0 Å². The van der Waals surface area contributed by atoms with Crippen LogP contribution in [-0.2, 0) is 19.4 Å². The lowest BCUT2D eigenvalue weighted by Gasteiger charge is -2.38. The van der Waals surface area contributed by atoms with Crippen molar-refractivity contribution in [3.8, 4) is 5.75 Å². The second kappa shape index (κ2) is 8.69. The number of phenolic OH excluding ortho intramolecular Hbond substituents is 1. The molecule has 154 valence electrons. The fourth-order valence-corrected chi connectivity index (χ4v) is 5.89. The van der Waals surface area contributed by atoms with Crippen LogP contribution in [0.1, 0.15) is 48.9 Å². The highest BCUT2D eigenvalue weighted by Gasteiger charge is 2.38. The van der Waals surface area contributed by atoms with Crippen molar-refractivity contribution in [1.82, 2.24) is 4.90 Å². The van der Waals surface area contributed by atoms with Gasteiger partial charge in [-0.25, -0.2) is 13.2 Å². The second-order valence-corrected chi connectivity index (χ2v) is 10.1. The molecule has 9 heteroatoms. The highest BCUT2D eigenvalue weighted by Crippen LogP contribution is 2.29. The summed E-state index contributed by atoms with van der Waals surface area (Å²) < 4.78 is 28.9. The maximum Gasteiger partial charge on any atom is 0.342 e. The van der Waals surface area contributed by atoms with Gasteiger partial charge in [0, 0.05) is 17.1 Å². The summed E-state index contributed by atoms with van der Waals surface area (Å²) in [6, 6.07) is 3.59. The molecule has 1 N–H and O–H groups in total. The largest absolute Gasteiger partial charge is 0.507 e. The molecule has 2 aliphatic rings. The molecule has 28 heavy (non-hydrogen) atoms. The number of hydrogen-bond donors (Lipinski definition) is 1. The maximum atomic E-state index is 12.9. The fraction of sp³-hybridized carbons (Fsp3) is 0.579. The van der Waals surface area contributed by atoms with E-state index in [-0.39, 0.29) is 39.9 Å². The summed E-state index contributed by atoms with van der Waals surface area (Å²) in [5.41, 5.74) is -0.0788. The zero-order chi connectivity index (χ0) is 20.3. The third-order valence-electron chi connectivity index (χ3n) is 5.36. The van der Waals surface area contributed by atoms with Crippen LogP contribution in [0, 0.1) is 0 Å². The molecule has 0 radical (unpaired) electrons. The van der Waals surface area contributed by atoms with Crippen LogP contribution in [0.5, 0.6) is 5.75 Å². The second-order valence-electron chi connectivity index (χ2n) is 7.39. The molecule has 1 unspecified atom stereocenters. The first-order chi connectivity index (χ1) is 13.3. The summed E-state index contributed by atoms with van der Waals surface area (Å²) in [4.78, 5) is 26.7. The van der Waals surface area contributed by atoms with E-state index in [0.29, 0.717) is 6.42 Å². The highest BCUT2D eigenvalue weighted by atomic mass is 35.5. The number of carbonyl (C=O) groups is 2. The summed E-state index contributed by atoms with van der Waals surface area (Å²) in [6.07, 6.45) is 5.16. The number of hydrogen-bond acceptors (Lipinski definition) is 6. The number of phenols is 1. The predicted octanol–water partition coefficient (Wildman–Crippen LogP) is 2.55. The van der Waals surface area contributed by atoms with Crippen LogP contribution < -0.4 is 0 Å². The minimum atomic E-state index is -3.14. The monoisotopic (exact) mass is 429 g/mol. The number of amides is 1. The average molecular weight is 430 g/mol. The van der Waals surface area contributed by atoms with Crippen LogP contribution >= 0.6 is 11.6 Å². The predicted molar refractivity (Wildman–Crippen MR) is 104 cm³/mol. The SMILES string of the molecule is O=C(OCC(=O)N(C1CCCCC1)C1CCS(=O)(=O)C1)c1ccc(Cl)cc1O. The smallest absolute Gasteiger partial charge is 0.342 e. The van der Waals surface area contributed by atoms with Crippen LogP contribution in [-0.4, -0.2) is 60.5 Å². The number of esters is 1. The van der Waals surface area contributed by atoms with Crippen molar-refractivity contribution in [3.05, 3.63) is 28.8 Å². The molecule has 1 aliphatic heterocycles. The molecule has 1 heterocycles. The first-order valence-corrected chi connectivity index (χ1v) is 11.6. The zero-order valence-electron chi connectivity index (χ0n) is 15.5. The van der Waals surface area contributed by atoms with Crippen LogP contribution in [0.15, 0.2) is 18.2 Å². The number of halogens is 1. The lowest BCUT2D eigenvalue weighted by atomic mass is 9.93. The minimum Gasteiger partial charge on any atom is -0.507 e. The molecule has 1 saturated carbocycles. The molecule has 0 spiro atoms. The molecule has 1 amide bonds. The normalized spacial score (nSPS) is 22.0. The van der Waals surface area contributed by atoms with E-state index >= 15 is 0 Å². The number of nitrogens with zero attached hydrogens (tertiary/aromatic N) is 1. The molecule has 1 aromatic rings. The van der Waals surface area contributed by atoms with E-state index in [1.54, 1.807) is 4.90 Å². The van der Waals surface area contributed by atoms with Gasteiger partial charge in [0.15, 0.2) is 16.4 Å². The Bertz CT molecular complexity index is 850. The molecule has 1 atom stereocenters. The lowest BCUT2D eigenvalue weighted by Crippen LogP contribution is -2.50. The van der Waals surface area contributed by atoms with Crippen molar-refractivity contribution < 1.29 is 27.9 Å². The van der Waals surface area contributed by atoms with E-state index in [1.807, 2.05) is 0 Å². The number of rotatable bonds is 5. The van der Waals surface area contributed by atoms with Crippen molar-refractivity contribution in [1.29, 1.82) is 0 Å². The Balaban J connectivity index is 1.69. The Hall–Kier alpha value is -1.80. The third-order valence-corrected chi connectivity index (χ3v) is 7.35. The molecule has 1 aliphatic carbocycles. The Labute approximate surface area is 169 Å². The summed E-state index contributed by atoms with van der Waals surface area (Å²) in [5.74, 6) is -1.51. The molecule has 0 aromatic heterocycles. The van der Waals surface area contributed by atoms with Crippen LogP contribution in [0.3, 0.4) is 0 Å². The maximum absolute atomic E-state index is 12.9. The number of ether oxygens (including phenoxy) is 1. The molecule has 1 saturated heterocycles. The first kappa shape index (κ1) is 20.9. The van der Waals surface area contributed by atoms with Gasteiger partial charge in [-0.1, -0.05) is 30.9 Å². The molecule has 0 bridgehead atoms. The van der Waals surface area contributed by atoms with E-state index in [2.05, 4.69) is 0 Å². The van der Waals surface area contributed by atoms with Crippen LogP contribution in [0.25, 0.3) is 0 Å². The van der Waals surface area contributed by atoms with Gasteiger partial charge in [-0.15, -0.1) is 0 Å². The van der Waals surface area contributed by atoms with Crippen molar-refractivity contribution >= 4 is 33.3 Å². The molecule has 7 nitrogen and oxygen atoms in total.